The normalized spacial score (nSPS) is 14.2. The molecule has 0 aromatic heterocycles. The van der Waals surface area contributed by atoms with E-state index in [1.165, 1.54) is 0 Å². The highest BCUT2D eigenvalue weighted by atomic mass is 35.5. The number of nitrogens with zero attached hydrogens (tertiary/aromatic N) is 2. The summed E-state index contributed by atoms with van der Waals surface area (Å²) in [5.74, 6) is -1.18. The molecule has 3 N–H and O–H groups in total. The van der Waals surface area contributed by atoms with Crippen LogP contribution in [0, 0.1) is 5.92 Å². The molecule has 3 rings (SSSR count). The Morgan fingerprint density at radius 1 is 1.03 bits per heavy atom. The van der Waals surface area contributed by atoms with E-state index >= 15 is 0 Å². The zero-order valence-corrected chi connectivity index (χ0v) is 19.6. The van der Waals surface area contributed by atoms with Crippen LogP contribution in [0.1, 0.15) is 34.6 Å². The minimum absolute atomic E-state index is 0.00314. The lowest BCUT2D eigenvalue weighted by atomic mass is 10.1. The number of anilines is 2. The molecule has 33 heavy (non-hydrogen) atoms. The Bertz CT molecular complexity index is 1020. The third kappa shape index (κ3) is 6.69. The molecule has 8 nitrogen and oxygen atoms in total. The van der Waals surface area contributed by atoms with Gasteiger partial charge in [0.25, 0.3) is 5.91 Å². The van der Waals surface area contributed by atoms with E-state index in [0.717, 1.165) is 5.69 Å². The van der Waals surface area contributed by atoms with Crippen molar-refractivity contribution in [2.45, 2.75) is 13.8 Å². The fraction of sp³-hybridized carbons (Fsp3) is 0.375. The van der Waals surface area contributed by atoms with E-state index in [1.54, 1.807) is 42.5 Å². The molecular formula is C24H29ClN4O4. The maximum atomic E-state index is 12.6. The molecule has 2 aromatic carbocycles. The number of halogens is 1. The van der Waals surface area contributed by atoms with E-state index in [1.807, 2.05) is 0 Å². The summed E-state index contributed by atoms with van der Waals surface area (Å²) in [6, 6.07) is 11.5. The molecule has 1 saturated heterocycles. The Kier molecular flexibility index (Phi) is 8.30. The number of rotatable bonds is 8. The van der Waals surface area contributed by atoms with Crippen LogP contribution < -0.4 is 15.5 Å². The average molecular weight is 473 g/mol. The Hall–Kier alpha value is -3.10. The first-order valence-corrected chi connectivity index (χ1v) is 11.3. The number of benzene rings is 2. The third-order valence-corrected chi connectivity index (χ3v) is 5.74. The van der Waals surface area contributed by atoms with Crippen molar-refractivity contribution in [2.75, 3.05) is 49.5 Å². The first-order valence-electron chi connectivity index (χ1n) is 10.9. The van der Waals surface area contributed by atoms with Crippen molar-refractivity contribution >= 4 is 40.8 Å². The van der Waals surface area contributed by atoms with Crippen molar-refractivity contribution in [3.05, 3.63) is 58.6 Å². The molecule has 0 radical (unpaired) electrons. The molecule has 9 heteroatoms. The first-order chi connectivity index (χ1) is 15.7. The molecular weight excluding hydrogens is 444 g/mol. The van der Waals surface area contributed by atoms with E-state index in [4.69, 9.17) is 11.6 Å². The number of carboxylic acid groups (broad SMARTS) is 1. The van der Waals surface area contributed by atoms with Crippen LogP contribution in [-0.2, 0) is 4.79 Å². The molecule has 0 atom stereocenters. The quantitative estimate of drug-likeness (QED) is 0.545. The summed E-state index contributed by atoms with van der Waals surface area (Å²) in [4.78, 5) is 40.7. The van der Waals surface area contributed by atoms with Crippen molar-refractivity contribution in [3.63, 3.8) is 0 Å². The molecule has 1 aliphatic rings. The monoisotopic (exact) mass is 472 g/mol. The van der Waals surface area contributed by atoms with Gasteiger partial charge in [-0.2, -0.15) is 0 Å². The van der Waals surface area contributed by atoms with Crippen LogP contribution in [0.4, 0.5) is 11.4 Å². The van der Waals surface area contributed by atoms with Gasteiger partial charge in [0.1, 0.15) is 0 Å². The Balaban J connectivity index is 1.64. The summed E-state index contributed by atoms with van der Waals surface area (Å²) >= 11 is 6.08. The van der Waals surface area contributed by atoms with Gasteiger partial charge in [-0.05, 0) is 36.2 Å². The van der Waals surface area contributed by atoms with Gasteiger partial charge in [-0.25, -0.2) is 4.79 Å². The van der Waals surface area contributed by atoms with Crippen molar-refractivity contribution < 1.29 is 19.5 Å². The van der Waals surface area contributed by atoms with Gasteiger partial charge in [-0.1, -0.05) is 37.6 Å². The highest BCUT2D eigenvalue weighted by Crippen LogP contribution is 2.26. The molecule has 176 valence electrons. The van der Waals surface area contributed by atoms with Gasteiger partial charge in [0.05, 0.1) is 28.4 Å². The zero-order valence-electron chi connectivity index (χ0n) is 18.8. The largest absolute Gasteiger partial charge is 0.478 e. The average Bonchev–Trinajstić information content (AvgIpc) is 2.78. The third-order valence-electron chi connectivity index (χ3n) is 5.41. The van der Waals surface area contributed by atoms with Crippen molar-refractivity contribution in [3.8, 4) is 0 Å². The van der Waals surface area contributed by atoms with E-state index in [0.29, 0.717) is 50.2 Å². The zero-order chi connectivity index (χ0) is 24.0. The summed E-state index contributed by atoms with van der Waals surface area (Å²) in [5.41, 5.74) is 1.24. The van der Waals surface area contributed by atoms with E-state index in [-0.39, 0.29) is 22.7 Å². The number of nitrogens with one attached hydrogen (secondary N) is 2. The lowest BCUT2D eigenvalue weighted by Gasteiger charge is -2.36. The summed E-state index contributed by atoms with van der Waals surface area (Å²) in [6.07, 6.45) is 0. The summed E-state index contributed by atoms with van der Waals surface area (Å²) in [7, 11) is 0. The van der Waals surface area contributed by atoms with Gasteiger partial charge in [0.2, 0.25) is 5.91 Å². The smallest absolute Gasteiger partial charge is 0.337 e. The molecule has 0 unspecified atom stereocenters. The fourth-order valence-electron chi connectivity index (χ4n) is 3.59. The standard InChI is InChI=1S/C24H29ClN4O4/c1-16(2)14-26-22(30)15-28-9-11-29(12-10-28)17-7-8-21(19(13-17)24(32)33)27-23(31)18-5-3-4-6-20(18)25/h3-8,13,16H,9-12,14-15H2,1-2H3,(H,26,30)(H,27,31)(H,32,33). The van der Waals surface area contributed by atoms with Crippen molar-refractivity contribution in [2.24, 2.45) is 5.92 Å². The second-order valence-corrected chi connectivity index (χ2v) is 8.84. The number of amides is 2. The highest BCUT2D eigenvalue weighted by molar-refractivity contribution is 6.34. The van der Waals surface area contributed by atoms with Gasteiger partial charge >= 0.3 is 5.97 Å². The van der Waals surface area contributed by atoms with Crippen LogP contribution in [0.3, 0.4) is 0 Å². The number of hydrogen-bond acceptors (Lipinski definition) is 5. The molecule has 2 aromatic rings. The van der Waals surface area contributed by atoms with Gasteiger partial charge in [-0.3, -0.25) is 14.5 Å². The summed E-state index contributed by atoms with van der Waals surface area (Å²) < 4.78 is 0. The van der Waals surface area contributed by atoms with Gasteiger partial charge in [0, 0.05) is 38.4 Å². The SMILES string of the molecule is CC(C)CNC(=O)CN1CCN(c2ccc(NC(=O)c3ccccc3Cl)c(C(=O)O)c2)CC1. The van der Waals surface area contributed by atoms with Crippen LogP contribution >= 0.6 is 11.6 Å². The number of carboxylic acids is 1. The summed E-state index contributed by atoms with van der Waals surface area (Å²) in [6.45, 7) is 7.86. The van der Waals surface area contributed by atoms with Crippen molar-refractivity contribution in [1.29, 1.82) is 0 Å². The van der Waals surface area contributed by atoms with Crippen LogP contribution in [-0.4, -0.2) is 67.1 Å². The molecule has 1 fully saturated rings. The second kappa shape index (κ2) is 11.2. The maximum Gasteiger partial charge on any atom is 0.337 e. The fourth-order valence-corrected chi connectivity index (χ4v) is 3.81. The highest BCUT2D eigenvalue weighted by Gasteiger charge is 2.22. The minimum Gasteiger partial charge on any atom is -0.478 e. The predicted molar refractivity (Wildman–Crippen MR) is 129 cm³/mol. The van der Waals surface area contributed by atoms with Crippen molar-refractivity contribution in [1.82, 2.24) is 10.2 Å². The number of piperazine rings is 1. The van der Waals surface area contributed by atoms with E-state index in [2.05, 4.69) is 34.3 Å². The number of carbonyl (C=O) groups excluding carboxylic acids is 2. The topological polar surface area (TPSA) is 102 Å². The second-order valence-electron chi connectivity index (χ2n) is 8.43. The van der Waals surface area contributed by atoms with Crippen LogP contribution in [0.15, 0.2) is 42.5 Å². The van der Waals surface area contributed by atoms with Crippen LogP contribution in [0.25, 0.3) is 0 Å². The summed E-state index contributed by atoms with van der Waals surface area (Å²) in [5, 5.41) is 15.6. The lowest BCUT2D eigenvalue weighted by Crippen LogP contribution is -2.49. The molecule has 2 amide bonds. The molecule has 1 aliphatic heterocycles. The molecule has 1 heterocycles. The molecule has 0 bridgehead atoms. The van der Waals surface area contributed by atoms with Crippen LogP contribution in [0.2, 0.25) is 5.02 Å². The molecule has 0 spiro atoms. The van der Waals surface area contributed by atoms with Gasteiger partial charge in [0.15, 0.2) is 0 Å². The Morgan fingerprint density at radius 3 is 2.36 bits per heavy atom. The Labute approximate surface area is 198 Å². The first kappa shape index (κ1) is 24.5. The van der Waals surface area contributed by atoms with E-state index < -0.39 is 11.9 Å². The van der Waals surface area contributed by atoms with Gasteiger partial charge < -0.3 is 20.6 Å². The lowest BCUT2D eigenvalue weighted by molar-refractivity contribution is -0.122. The minimum atomic E-state index is -1.13. The predicted octanol–water partition coefficient (Wildman–Crippen LogP) is 3.18. The Morgan fingerprint density at radius 2 is 1.73 bits per heavy atom. The van der Waals surface area contributed by atoms with Gasteiger partial charge in [-0.15, -0.1) is 0 Å². The molecule has 0 saturated carbocycles. The number of aromatic carboxylic acids is 1. The number of hydrogen-bond donors (Lipinski definition) is 3. The maximum absolute atomic E-state index is 12.6. The van der Waals surface area contributed by atoms with E-state index in [9.17, 15) is 19.5 Å². The molecule has 0 aliphatic carbocycles. The van der Waals surface area contributed by atoms with Crippen LogP contribution in [0.5, 0.6) is 0 Å². The number of carbonyl (C=O) groups is 3.